The topological polar surface area (TPSA) is 55.1 Å². The minimum absolute atomic E-state index is 0.522. The quantitative estimate of drug-likeness (QED) is 0.191. The number of ether oxygens (including phenoxy) is 2. The first-order valence-corrected chi connectivity index (χ1v) is 11.2. The predicted molar refractivity (Wildman–Crippen MR) is 127 cm³/mol. The molecule has 6 heteroatoms. The molecule has 4 nitrogen and oxygen atoms in total. The number of rotatable bonds is 8. The van der Waals surface area contributed by atoms with E-state index in [9.17, 15) is 5.26 Å². The number of allylic oxidation sites excluding steroid dienone is 1. The maximum atomic E-state index is 9.67. The largest absolute Gasteiger partial charge is 0.493 e. The van der Waals surface area contributed by atoms with Crippen molar-refractivity contribution in [2.45, 2.75) is 19.8 Å². The summed E-state index contributed by atoms with van der Waals surface area (Å²) in [5, 5.41) is 12.4. The van der Waals surface area contributed by atoms with E-state index in [2.05, 4.69) is 40.6 Å². The molecule has 3 rings (SSSR count). The molecule has 0 aliphatic rings. The molecule has 0 bridgehead atoms. The molecular weight excluding hydrogens is 495 g/mol. The van der Waals surface area contributed by atoms with E-state index in [0.29, 0.717) is 28.7 Å². The fraction of sp³-hybridized carbons (Fsp3) is 0.217. The molecule has 0 amide bonds. The Bertz CT molecular complexity index is 1040. The predicted octanol–water partition coefficient (Wildman–Crippen LogP) is 6.67. The van der Waals surface area contributed by atoms with Crippen LogP contribution in [-0.2, 0) is 0 Å². The van der Waals surface area contributed by atoms with Gasteiger partial charge in [-0.2, -0.15) is 5.26 Å². The lowest BCUT2D eigenvalue weighted by atomic mass is 10.1. The molecule has 0 spiro atoms. The Morgan fingerprint density at radius 3 is 2.69 bits per heavy atom. The smallest absolute Gasteiger partial charge is 0.161 e. The van der Waals surface area contributed by atoms with Gasteiger partial charge in [0.1, 0.15) is 11.1 Å². The molecule has 148 valence electrons. The molecule has 0 N–H and O–H groups in total. The number of nitriles is 1. The summed E-state index contributed by atoms with van der Waals surface area (Å²) in [5.41, 5.74) is 3.31. The Morgan fingerprint density at radius 1 is 1.21 bits per heavy atom. The van der Waals surface area contributed by atoms with E-state index in [1.165, 1.54) is 14.9 Å². The summed E-state index contributed by atoms with van der Waals surface area (Å²) < 4.78 is 12.4. The molecule has 0 atom stereocenters. The van der Waals surface area contributed by atoms with Crippen molar-refractivity contribution >= 4 is 45.6 Å². The van der Waals surface area contributed by atoms with Crippen molar-refractivity contribution in [3.63, 3.8) is 0 Å². The van der Waals surface area contributed by atoms with Crippen LogP contribution < -0.4 is 9.47 Å². The molecule has 0 unspecified atom stereocenters. The Morgan fingerprint density at radius 2 is 2.00 bits per heavy atom. The molecule has 29 heavy (non-hydrogen) atoms. The molecule has 0 fully saturated rings. The van der Waals surface area contributed by atoms with Gasteiger partial charge in [-0.25, -0.2) is 4.98 Å². The van der Waals surface area contributed by atoms with E-state index >= 15 is 0 Å². The number of unbranched alkanes of at least 4 members (excludes halogenated alkanes) is 1. The lowest BCUT2D eigenvalue weighted by Crippen LogP contribution is -1.99. The van der Waals surface area contributed by atoms with E-state index < -0.39 is 0 Å². The van der Waals surface area contributed by atoms with Crippen LogP contribution in [0.2, 0.25) is 0 Å². The summed E-state index contributed by atoms with van der Waals surface area (Å²) in [5.74, 6) is 1.37. The molecule has 2 aromatic carbocycles. The van der Waals surface area contributed by atoms with Crippen LogP contribution in [0.25, 0.3) is 22.9 Å². The summed E-state index contributed by atoms with van der Waals surface area (Å²) in [6, 6.07) is 16.1. The van der Waals surface area contributed by atoms with Gasteiger partial charge in [-0.05, 0) is 64.9 Å². The second-order valence-corrected chi connectivity index (χ2v) is 8.43. The molecule has 0 radical (unpaired) electrons. The van der Waals surface area contributed by atoms with Crippen LogP contribution >= 0.6 is 33.9 Å². The van der Waals surface area contributed by atoms with Gasteiger partial charge >= 0.3 is 0 Å². The molecule has 1 aromatic heterocycles. The third-order valence-corrected chi connectivity index (χ3v) is 5.84. The van der Waals surface area contributed by atoms with Crippen LogP contribution in [0.1, 0.15) is 30.3 Å². The zero-order chi connectivity index (χ0) is 20.6. The fourth-order valence-electron chi connectivity index (χ4n) is 2.68. The fourth-order valence-corrected chi connectivity index (χ4v) is 3.83. The molecular formula is C23H21IN2O2S. The van der Waals surface area contributed by atoms with Crippen molar-refractivity contribution in [2.24, 2.45) is 0 Å². The lowest BCUT2D eigenvalue weighted by Gasteiger charge is -2.11. The van der Waals surface area contributed by atoms with Crippen LogP contribution in [0.15, 0.2) is 47.8 Å². The van der Waals surface area contributed by atoms with E-state index in [0.717, 1.165) is 29.7 Å². The third-order valence-electron chi connectivity index (χ3n) is 4.25. The molecule has 1 heterocycles. The standard InChI is InChI=1S/C23H21IN2O2S/c1-3-4-11-28-21-10-5-16(13-22(21)27-2)12-18(14-25)23-26-20(15-29-23)17-6-8-19(24)9-7-17/h5-10,12-13,15H,3-4,11H2,1-2H3. The van der Waals surface area contributed by atoms with Crippen LogP contribution in [0.5, 0.6) is 11.5 Å². The maximum absolute atomic E-state index is 9.67. The number of aromatic nitrogens is 1. The molecule has 0 aliphatic heterocycles. The van der Waals surface area contributed by atoms with Crippen molar-refractivity contribution in [3.8, 4) is 28.8 Å². The number of methoxy groups -OCH3 is 1. The summed E-state index contributed by atoms with van der Waals surface area (Å²) in [7, 11) is 1.62. The summed E-state index contributed by atoms with van der Waals surface area (Å²) in [6.07, 6.45) is 3.90. The van der Waals surface area contributed by atoms with Crippen molar-refractivity contribution in [2.75, 3.05) is 13.7 Å². The highest BCUT2D eigenvalue weighted by Gasteiger charge is 2.11. The molecule has 0 aliphatic carbocycles. The van der Waals surface area contributed by atoms with Crippen molar-refractivity contribution in [1.29, 1.82) is 5.26 Å². The first-order valence-electron chi connectivity index (χ1n) is 9.29. The minimum atomic E-state index is 0.522. The van der Waals surface area contributed by atoms with Crippen LogP contribution in [0.4, 0.5) is 0 Å². The van der Waals surface area contributed by atoms with Gasteiger partial charge in [0.05, 0.1) is 25.0 Å². The normalized spacial score (nSPS) is 11.2. The SMILES string of the molecule is CCCCOc1ccc(C=C(C#N)c2nc(-c3ccc(I)cc3)cs2)cc1OC. The molecule has 3 aromatic rings. The van der Waals surface area contributed by atoms with Crippen molar-refractivity contribution in [1.82, 2.24) is 4.98 Å². The summed E-state index contributed by atoms with van der Waals surface area (Å²) in [4.78, 5) is 4.66. The van der Waals surface area contributed by atoms with Gasteiger partial charge in [-0.15, -0.1) is 11.3 Å². The van der Waals surface area contributed by atoms with Gasteiger partial charge in [-0.1, -0.05) is 31.5 Å². The van der Waals surface area contributed by atoms with Gasteiger partial charge < -0.3 is 9.47 Å². The number of benzene rings is 2. The Labute approximate surface area is 189 Å². The van der Waals surface area contributed by atoms with E-state index in [4.69, 9.17) is 9.47 Å². The highest BCUT2D eigenvalue weighted by Crippen LogP contribution is 2.31. The monoisotopic (exact) mass is 516 g/mol. The molecule has 0 saturated heterocycles. The summed E-state index contributed by atoms with van der Waals surface area (Å²) in [6.45, 7) is 2.78. The summed E-state index contributed by atoms with van der Waals surface area (Å²) >= 11 is 3.75. The zero-order valence-corrected chi connectivity index (χ0v) is 19.3. The van der Waals surface area contributed by atoms with Gasteiger partial charge in [-0.3, -0.25) is 0 Å². The van der Waals surface area contributed by atoms with Gasteiger partial charge in [0.2, 0.25) is 0 Å². The highest BCUT2D eigenvalue weighted by atomic mass is 127. The number of hydrogen-bond donors (Lipinski definition) is 0. The van der Waals surface area contributed by atoms with E-state index in [1.54, 1.807) is 7.11 Å². The zero-order valence-electron chi connectivity index (χ0n) is 16.3. The number of nitrogens with zero attached hydrogens (tertiary/aromatic N) is 2. The first kappa shape index (κ1) is 21.3. The second-order valence-electron chi connectivity index (χ2n) is 6.33. The van der Waals surface area contributed by atoms with Crippen molar-refractivity contribution in [3.05, 3.63) is 62.0 Å². The van der Waals surface area contributed by atoms with Crippen molar-refractivity contribution < 1.29 is 9.47 Å². The number of hydrogen-bond acceptors (Lipinski definition) is 5. The highest BCUT2D eigenvalue weighted by molar-refractivity contribution is 14.1. The van der Waals surface area contributed by atoms with Gasteiger partial charge in [0.15, 0.2) is 11.5 Å². The first-order chi connectivity index (χ1) is 14.1. The molecule has 0 saturated carbocycles. The second kappa shape index (κ2) is 10.4. The number of halogens is 1. The maximum Gasteiger partial charge on any atom is 0.161 e. The Hall–Kier alpha value is -2.37. The Kier molecular flexibility index (Phi) is 7.67. The minimum Gasteiger partial charge on any atom is -0.493 e. The average Bonchev–Trinajstić information content (AvgIpc) is 3.23. The van der Waals surface area contributed by atoms with Crippen LogP contribution in [0.3, 0.4) is 0 Å². The lowest BCUT2D eigenvalue weighted by molar-refractivity contribution is 0.288. The third kappa shape index (κ3) is 5.58. The van der Waals surface area contributed by atoms with E-state index in [-0.39, 0.29) is 0 Å². The van der Waals surface area contributed by atoms with Gasteiger partial charge in [0, 0.05) is 14.5 Å². The number of thiazole rings is 1. The average molecular weight is 516 g/mol. The van der Waals surface area contributed by atoms with E-state index in [1.807, 2.05) is 53.9 Å². The van der Waals surface area contributed by atoms with Crippen LogP contribution in [0, 0.1) is 14.9 Å². The Balaban J connectivity index is 1.84. The van der Waals surface area contributed by atoms with Crippen LogP contribution in [-0.4, -0.2) is 18.7 Å². The van der Waals surface area contributed by atoms with Gasteiger partial charge in [0.25, 0.3) is 0 Å².